The highest BCUT2D eigenvalue weighted by Crippen LogP contribution is 2.38. The van der Waals surface area contributed by atoms with E-state index >= 15 is 0 Å². The number of rotatable bonds is 4. The van der Waals surface area contributed by atoms with Crippen LogP contribution in [0.4, 0.5) is 10.5 Å². The number of carbonyl (C=O) groups is 3. The number of imide groups is 1. The molecule has 7 nitrogen and oxygen atoms in total. The summed E-state index contributed by atoms with van der Waals surface area (Å²) >= 11 is 5.95. The number of nitrogens with zero attached hydrogens (tertiary/aromatic N) is 1. The van der Waals surface area contributed by atoms with E-state index in [1.807, 2.05) is 6.92 Å². The molecule has 1 heterocycles. The Morgan fingerprint density at radius 3 is 2.88 bits per heavy atom. The minimum Gasteiger partial charge on any atom is -0.495 e. The van der Waals surface area contributed by atoms with E-state index in [0.717, 1.165) is 24.2 Å². The van der Waals surface area contributed by atoms with Gasteiger partial charge in [0.25, 0.3) is 5.91 Å². The van der Waals surface area contributed by atoms with Crippen LogP contribution in [0.3, 0.4) is 0 Å². The molecule has 8 heteroatoms. The van der Waals surface area contributed by atoms with Crippen LogP contribution in [0.1, 0.15) is 32.6 Å². The van der Waals surface area contributed by atoms with Crippen molar-refractivity contribution in [3.05, 3.63) is 23.2 Å². The summed E-state index contributed by atoms with van der Waals surface area (Å²) in [4.78, 5) is 38.6. The van der Waals surface area contributed by atoms with E-state index < -0.39 is 17.5 Å². The van der Waals surface area contributed by atoms with Crippen molar-refractivity contribution in [3.8, 4) is 5.75 Å². The standard InChI is InChI=1S/C18H22ClN3O4/c1-11-5-3-4-8-18(11)16(24)22(17(25)21-18)10-15(23)20-13-9-12(19)6-7-14(13)26-2/h6-7,9,11H,3-5,8,10H2,1-2H3,(H,20,23)(H,21,25). The molecule has 0 radical (unpaired) electrons. The summed E-state index contributed by atoms with van der Waals surface area (Å²) in [5, 5.41) is 5.92. The van der Waals surface area contributed by atoms with Crippen molar-refractivity contribution >= 4 is 35.1 Å². The Hall–Kier alpha value is -2.28. The number of methoxy groups -OCH3 is 1. The number of carbonyl (C=O) groups excluding carboxylic acids is 3. The van der Waals surface area contributed by atoms with Gasteiger partial charge < -0.3 is 15.4 Å². The number of halogens is 1. The first kappa shape index (κ1) is 18.5. The highest BCUT2D eigenvalue weighted by Gasteiger charge is 2.55. The fourth-order valence-corrected chi connectivity index (χ4v) is 3.92. The van der Waals surface area contributed by atoms with E-state index in [2.05, 4.69) is 10.6 Å². The summed E-state index contributed by atoms with van der Waals surface area (Å²) in [6, 6.07) is 4.30. The number of nitrogens with one attached hydrogen (secondary N) is 2. The van der Waals surface area contributed by atoms with Gasteiger partial charge in [-0.25, -0.2) is 4.79 Å². The number of hydrogen-bond donors (Lipinski definition) is 2. The van der Waals surface area contributed by atoms with Crippen molar-refractivity contribution in [2.75, 3.05) is 19.0 Å². The van der Waals surface area contributed by atoms with Crippen molar-refractivity contribution in [3.63, 3.8) is 0 Å². The van der Waals surface area contributed by atoms with Crippen LogP contribution in [0.15, 0.2) is 18.2 Å². The van der Waals surface area contributed by atoms with Crippen LogP contribution in [0.5, 0.6) is 5.75 Å². The third kappa shape index (κ3) is 3.23. The maximum atomic E-state index is 12.9. The van der Waals surface area contributed by atoms with Crippen LogP contribution in [0.2, 0.25) is 5.02 Å². The summed E-state index contributed by atoms with van der Waals surface area (Å²) in [6.07, 6.45) is 3.42. The zero-order valence-corrected chi connectivity index (χ0v) is 15.6. The van der Waals surface area contributed by atoms with Gasteiger partial charge >= 0.3 is 6.03 Å². The maximum Gasteiger partial charge on any atom is 0.325 e. The average molecular weight is 380 g/mol. The molecule has 1 saturated heterocycles. The van der Waals surface area contributed by atoms with Gasteiger partial charge in [-0.2, -0.15) is 0 Å². The second-order valence-corrected chi connectivity index (χ2v) is 7.27. The first-order valence-corrected chi connectivity index (χ1v) is 9.02. The van der Waals surface area contributed by atoms with E-state index in [1.165, 1.54) is 7.11 Å². The normalized spacial score (nSPS) is 25.3. The summed E-state index contributed by atoms with van der Waals surface area (Å²) in [6.45, 7) is 1.62. The third-order valence-corrected chi connectivity index (χ3v) is 5.47. The quantitative estimate of drug-likeness (QED) is 0.787. The van der Waals surface area contributed by atoms with E-state index in [4.69, 9.17) is 16.3 Å². The molecule has 0 aromatic heterocycles. The molecular weight excluding hydrogens is 358 g/mol. The number of amides is 4. The Morgan fingerprint density at radius 1 is 1.42 bits per heavy atom. The van der Waals surface area contributed by atoms with E-state index in [1.54, 1.807) is 18.2 Å². The molecule has 2 unspecified atom stereocenters. The highest BCUT2D eigenvalue weighted by molar-refractivity contribution is 6.31. The Kier molecular flexibility index (Phi) is 5.09. The van der Waals surface area contributed by atoms with Gasteiger partial charge in [0.2, 0.25) is 5.91 Å². The van der Waals surface area contributed by atoms with Gasteiger partial charge in [-0.05, 0) is 37.0 Å². The average Bonchev–Trinajstić information content (AvgIpc) is 2.83. The highest BCUT2D eigenvalue weighted by atomic mass is 35.5. The predicted octanol–water partition coefficient (Wildman–Crippen LogP) is 2.79. The van der Waals surface area contributed by atoms with Crippen molar-refractivity contribution in [2.45, 2.75) is 38.1 Å². The molecular formula is C18H22ClN3O4. The fraction of sp³-hybridized carbons (Fsp3) is 0.500. The fourth-order valence-electron chi connectivity index (χ4n) is 3.75. The molecule has 2 atom stereocenters. The number of hydrogen-bond acceptors (Lipinski definition) is 4. The number of anilines is 1. The number of benzene rings is 1. The van der Waals surface area contributed by atoms with Crippen LogP contribution in [-0.2, 0) is 9.59 Å². The van der Waals surface area contributed by atoms with Gasteiger partial charge in [0, 0.05) is 5.02 Å². The topological polar surface area (TPSA) is 87.7 Å². The van der Waals surface area contributed by atoms with Gasteiger partial charge in [0.15, 0.2) is 0 Å². The summed E-state index contributed by atoms with van der Waals surface area (Å²) in [7, 11) is 1.48. The zero-order chi connectivity index (χ0) is 18.9. The molecule has 1 spiro atoms. The van der Waals surface area contributed by atoms with Crippen LogP contribution >= 0.6 is 11.6 Å². The molecule has 3 rings (SSSR count). The van der Waals surface area contributed by atoms with Gasteiger partial charge in [0.1, 0.15) is 17.8 Å². The Morgan fingerprint density at radius 2 is 2.19 bits per heavy atom. The molecule has 0 bridgehead atoms. The van der Waals surface area contributed by atoms with E-state index in [0.29, 0.717) is 22.9 Å². The van der Waals surface area contributed by atoms with Crippen molar-refractivity contribution in [1.29, 1.82) is 0 Å². The smallest absolute Gasteiger partial charge is 0.325 e. The van der Waals surface area contributed by atoms with E-state index in [-0.39, 0.29) is 18.4 Å². The first-order valence-electron chi connectivity index (χ1n) is 8.65. The second-order valence-electron chi connectivity index (χ2n) is 6.83. The minimum absolute atomic E-state index is 0.0498. The van der Waals surface area contributed by atoms with Crippen molar-refractivity contribution in [1.82, 2.24) is 10.2 Å². The lowest BCUT2D eigenvalue weighted by Gasteiger charge is -2.36. The lowest BCUT2D eigenvalue weighted by molar-refractivity contribution is -0.136. The molecule has 1 aromatic carbocycles. The molecule has 2 fully saturated rings. The lowest BCUT2D eigenvalue weighted by Crippen LogP contribution is -2.54. The molecule has 1 aliphatic heterocycles. The largest absolute Gasteiger partial charge is 0.495 e. The first-order chi connectivity index (χ1) is 12.4. The molecule has 4 amide bonds. The Balaban J connectivity index is 1.73. The van der Waals surface area contributed by atoms with E-state index in [9.17, 15) is 14.4 Å². The molecule has 1 aliphatic carbocycles. The Labute approximate surface area is 157 Å². The van der Waals surface area contributed by atoms with Crippen LogP contribution in [0.25, 0.3) is 0 Å². The molecule has 1 saturated carbocycles. The van der Waals surface area contributed by atoms with Crippen molar-refractivity contribution < 1.29 is 19.1 Å². The second kappa shape index (κ2) is 7.15. The monoisotopic (exact) mass is 379 g/mol. The van der Waals surface area contributed by atoms with Crippen LogP contribution in [-0.4, -0.2) is 41.9 Å². The van der Waals surface area contributed by atoms with Gasteiger partial charge in [-0.3, -0.25) is 14.5 Å². The molecule has 2 aliphatic rings. The van der Waals surface area contributed by atoms with Gasteiger partial charge in [-0.1, -0.05) is 31.4 Å². The van der Waals surface area contributed by atoms with Crippen LogP contribution in [0, 0.1) is 5.92 Å². The number of ether oxygens (including phenoxy) is 1. The predicted molar refractivity (Wildman–Crippen MR) is 97.2 cm³/mol. The van der Waals surface area contributed by atoms with Crippen molar-refractivity contribution in [2.24, 2.45) is 5.92 Å². The maximum absolute atomic E-state index is 12.9. The zero-order valence-electron chi connectivity index (χ0n) is 14.8. The van der Waals surface area contributed by atoms with Gasteiger partial charge in [-0.15, -0.1) is 0 Å². The lowest BCUT2D eigenvalue weighted by atomic mass is 9.73. The van der Waals surface area contributed by atoms with Gasteiger partial charge in [0.05, 0.1) is 12.8 Å². The summed E-state index contributed by atoms with van der Waals surface area (Å²) in [5.41, 5.74) is -0.485. The minimum atomic E-state index is -0.872. The summed E-state index contributed by atoms with van der Waals surface area (Å²) < 4.78 is 5.18. The SMILES string of the molecule is COc1ccc(Cl)cc1NC(=O)CN1C(=O)NC2(CCCCC2C)C1=O. The van der Waals surface area contributed by atoms with Crippen LogP contribution < -0.4 is 15.4 Å². The summed E-state index contributed by atoms with van der Waals surface area (Å²) in [5.74, 6) is -0.316. The molecule has 26 heavy (non-hydrogen) atoms. The third-order valence-electron chi connectivity index (χ3n) is 5.24. The number of urea groups is 1. The Bertz CT molecular complexity index is 754. The molecule has 1 aromatic rings. The molecule has 140 valence electrons. The molecule has 2 N–H and O–H groups in total.